The predicted molar refractivity (Wildman–Crippen MR) is 107 cm³/mol. The van der Waals surface area contributed by atoms with Crippen molar-refractivity contribution >= 4 is 23.0 Å². The van der Waals surface area contributed by atoms with Crippen molar-refractivity contribution in [2.45, 2.75) is 50.9 Å². The number of halogens is 1. The molecule has 1 fully saturated rings. The molecule has 0 amide bonds. The van der Waals surface area contributed by atoms with E-state index in [1.165, 1.54) is 42.4 Å². The molecule has 1 aromatic heterocycles. The van der Waals surface area contributed by atoms with Gasteiger partial charge >= 0.3 is 0 Å². The number of nitrogens with zero attached hydrogens (tertiary/aromatic N) is 2. The number of aromatic nitrogens is 3. The van der Waals surface area contributed by atoms with E-state index < -0.39 is 0 Å². The van der Waals surface area contributed by atoms with Gasteiger partial charge in [0, 0.05) is 6.42 Å². The molecular weight excluding hydrogens is 360 g/mol. The molecule has 142 valence electrons. The molecule has 1 saturated heterocycles. The first-order chi connectivity index (χ1) is 13.2. The summed E-state index contributed by atoms with van der Waals surface area (Å²) in [6.07, 6.45) is 9.67. The Morgan fingerprint density at radius 3 is 2.78 bits per heavy atom. The summed E-state index contributed by atoms with van der Waals surface area (Å²) in [6, 6.07) is 6.67. The van der Waals surface area contributed by atoms with Crippen LogP contribution in [-0.2, 0) is 6.42 Å². The Hall–Kier alpha value is -1.98. The quantitative estimate of drug-likeness (QED) is 0.753. The van der Waals surface area contributed by atoms with E-state index in [9.17, 15) is 4.79 Å². The van der Waals surface area contributed by atoms with E-state index in [1.54, 1.807) is 0 Å². The van der Waals surface area contributed by atoms with Crippen LogP contribution in [0.1, 0.15) is 71.8 Å². The number of carbonyl (C=O) groups excluding carboxylic acids is 1. The highest BCUT2D eigenvalue weighted by atomic mass is 35.5. The zero-order chi connectivity index (χ0) is 18.6. The third-order valence-electron chi connectivity index (χ3n) is 5.64. The highest BCUT2D eigenvalue weighted by Crippen LogP contribution is 2.34. The molecule has 27 heavy (non-hydrogen) atoms. The van der Waals surface area contributed by atoms with Gasteiger partial charge in [0.2, 0.25) is 16.9 Å². The molecular formula is C21H25ClN4O. The van der Waals surface area contributed by atoms with Crippen LogP contribution in [0.15, 0.2) is 24.3 Å². The second kappa shape index (κ2) is 8.36. The van der Waals surface area contributed by atoms with Crippen molar-refractivity contribution < 1.29 is 4.79 Å². The van der Waals surface area contributed by atoms with Crippen LogP contribution in [0.2, 0.25) is 5.28 Å². The zero-order valence-corrected chi connectivity index (χ0v) is 16.2. The summed E-state index contributed by atoms with van der Waals surface area (Å²) in [7, 11) is 0. The maximum Gasteiger partial charge on any atom is 0.218 e. The van der Waals surface area contributed by atoms with E-state index in [0.717, 1.165) is 31.5 Å². The van der Waals surface area contributed by atoms with Gasteiger partial charge in [0.05, 0.1) is 0 Å². The molecule has 2 heterocycles. The molecule has 2 aliphatic rings. The smallest absolute Gasteiger partial charge is 0.218 e. The number of piperidine rings is 1. The molecule has 0 radical (unpaired) electrons. The zero-order valence-electron chi connectivity index (χ0n) is 15.4. The van der Waals surface area contributed by atoms with Crippen molar-refractivity contribution in [3.8, 4) is 0 Å². The van der Waals surface area contributed by atoms with E-state index in [4.69, 9.17) is 11.6 Å². The van der Waals surface area contributed by atoms with Gasteiger partial charge in [-0.1, -0.05) is 24.3 Å². The lowest BCUT2D eigenvalue weighted by Crippen LogP contribution is -2.26. The molecule has 0 spiro atoms. The number of aromatic amines is 1. The molecule has 1 aliphatic heterocycles. The van der Waals surface area contributed by atoms with E-state index in [-0.39, 0.29) is 16.9 Å². The van der Waals surface area contributed by atoms with E-state index in [0.29, 0.717) is 12.3 Å². The first kappa shape index (κ1) is 18.4. The van der Waals surface area contributed by atoms with Crippen LogP contribution in [0.3, 0.4) is 0 Å². The van der Waals surface area contributed by atoms with Crippen LogP contribution < -0.4 is 5.32 Å². The van der Waals surface area contributed by atoms with Crippen LogP contribution in [0, 0.1) is 0 Å². The average Bonchev–Trinajstić information content (AvgIpc) is 3.16. The molecule has 0 saturated carbocycles. The van der Waals surface area contributed by atoms with Crippen molar-refractivity contribution in [1.29, 1.82) is 0 Å². The molecule has 2 aromatic rings. The Morgan fingerprint density at radius 2 is 2.07 bits per heavy atom. The summed E-state index contributed by atoms with van der Waals surface area (Å²) in [5.41, 5.74) is 5.08. The van der Waals surface area contributed by atoms with Crippen molar-refractivity contribution in [2.75, 3.05) is 13.1 Å². The van der Waals surface area contributed by atoms with Gasteiger partial charge in [0.1, 0.15) is 0 Å². The van der Waals surface area contributed by atoms with Gasteiger partial charge in [-0.05, 0) is 91.4 Å². The maximum absolute atomic E-state index is 12.6. The van der Waals surface area contributed by atoms with Gasteiger partial charge < -0.3 is 5.32 Å². The minimum Gasteiger partial charge on any atom is -0.317 e. The largest absolute Gasteiger partial charge is 0.317 e. The Kier molecular flexibility index (Phi) is 5.69. The third-order valence-corrected chi connectivity index (χ3v) is 5.81. The van der Waals surface area contributed by atoms with Crippen molar-refractivity contribution in [3.63, 3.8) is 0 Å². The van der Waals surface area contributed by atoms with Gasteiger partial charge in [-0.25, -0.2) is 5.10 Å². The number of nitrogens with one attached hydrogen (secondary N) is 2. The lowest BCUT2D eigenvalue weighted by Gasteiger charge is -2.25. The molecule has 0 atom stereocenters. The number of allylic oxidation sites excluding steroid dienone is 2. The highest BCUT2D eigenvalue weighted by molar-refractivity contribution is 6.28. The van der Waals surface area contributed by atoms with Crippen LogP contribution in [-0.4, -0.2) is 34.1 Å². The lowest BCUT2D eigenvalue weighted by molar-refractivity contribution is 0.0983. The highest BCUT2D eigenvalue weighted by Gasteiger charge is 2.20. The first-order valence-electron chi connectivity index (χ1n) is 9.85. The summed E-state index contributed by atoms with van der Waals surface area (Å²) < 4.78 is 0. The summed E-state index contributed by atoms with van der Waals surface area (Å²) in [4.78, 5) is 16.6. The number of rotatable bonds is 5. The fraction of sp³-hybridized carbons (Fsp3) is 0.476. The normalized spacial score (nSPS) is 18.3. The van der Waals surface area contributed by atoms with Gasteiger partial charge in [-0.3, -0.25) is 4.79 Å². The fourth-order valence-electron chi connectivity index (χ4n) is 4.16. The molecule has 2 N–H and O–H groups in total. The van der Waals surface area contributed by atoms with Crippen LogP contribution >= 0.6 is 11.6 Å². The Labute approximate surface area is 164 Å². The molecule has 5 nitrogen and oxygen atoms in total. The monoisotopic (exact) mass is 384 g/mol. The van der Waals surface area contributed by atoms with Crippen molar-refractivity contribution in [1.82, 2.24) is 20.5 Å². The number of hydrogen-bond donors (Lipinski definition) is 2. The summed E-state index contributed by atoms with van der Waals surface area (Å²) in [5, 5.41) is 10.0. The van der Waals surface area contributed by atoms with Gasteiger partial charge in [0.25, 0.3) is 0 Å². The van der Waals surface area contributed by atoms with Crippen LogP contribution in [0.5, 0.6) is 0 Å². The van der Waals surface area contributed by atoms with Crippen LogP contribution in [0.25, 0.3) is 5.57 Å². The van der Waals surface area contributed by atoms with E-state index in [1.807, 2.05) is 0 Å². The minimum absolute atomic E-state index is 0.106. The molecule has 0 bridgehead atoms. The summed E-state index contributed by atoms with van der Waals surface area (Å²) in [6.45, 7) is 2.16. The number of H-pyrrole nitrogens is 1. The Balaban J connectivity index is 1.64. The SMILES string of the molecule is O=C(Cc1ccc(C2CCNCC2)cc1C1=CCCCC1)c1n[nH]c(Cl)n1. The van der Waals surface area contributed by atoms with Gasteiger partial charge in [0.15, 0.2) is 0 Å². The molecule has 0 unspecified atom stereocenters. The molecule has 1 aromatic carbocycles. The lowest BCUT2D eigenvalue weighted by atomic mass is 9.84. The van der Waals surface area contributed by atoms with E-state index in [2.05, 4.69) is 44.8 Å². The predicted octanol–water partition coefficient (Wildman–Crippen LogP) is 4.31. The molecule has 1 aliphatic carbocycles. The van der Waals surface area contributed by atoms with Crippen molar-refractivity contribution in [3.05, 3.63) is 52.1 Å². The number of hydrogen-bond acceptors (Lipinski definition) is 4. The third kappa shape index (κ3) is 4.30. The molecule has 4 rings (SSSR count). The number of carbonyl (C=O) groups is 1. The summed E-state index contributed by atoms with van der Waals surface area (Å²) >= 11 is 5.77. The second-order valence-corrected chi connectivity index (χ2v) is 7.82. The Bertz CT molecular complexity index is 852. The minimum atomic E-state index is -0.106. The second-order valence-electron chi connectivity index (χ2n) is 7.47. The number of ketones is 1. The number of benzene rings is 1. The standard InChI is InChI=1S/C21H25ClN4O/c22-21-24-20(25-26-21)19(27)13-17-7-6-16(14-8-10-23-11-9-14)12-18(17)15-4-2-1-3-5-15/h4,6-7,12,14,23H,1-3,5,8-11,13H2,(H,24,25,26). The Morgan fingerprint density at radius 1 is 1.22 bits per heavy atom. The number of Topliss-reactive ketones (excluding diaryl/α,β-unsaturated/α-hetero) is 1. The molecule has 6 heteroatoms. The van der Waals surface area contributed by atoms with E-state index >= 15 is 0 Å². The first-order valence-corrected chi connectivity index (χ1v) is 10.2. The fourth-order valence-corrected chi connectivity index (χ4v) is 4.28. The van der Waals surface area contributed by atoms with Crippen LogP contribution in [0.4, 0.5) is 0 Å². The average molecular weight is 385 g/mol. The van der Waals surface area contributed by atoms with Crippen molar-refractivity contribution in [2.24, 2.45) is 0 Å². The summed E-state index contributed by atoms with van der Waals surface area (Å²) in [5.74, 6) is 0.655. The topological polar surface area (TPSA) is 70.7 Å². The van der Waals surface area contributed by atoms with Gasteiger partial charge in [-0.2, -0.15) is 4.98 Å². The van der Waals surface area contributed by atoms with Gasteiger partial charge in [-0.15, -0.1) is 5.10 Å². The maximum atomic E-state index is 12.6.